The van der Waals surface area contributed by atoms with E-state index in [9.17, 15) is 13.2 Å². The molecule has 1 aromatic carbocycles. The predicted octanol–water partition coefficient (Wildman–Crippen LogP) is 2.19. The van der Waals surface area contributed by atoms with Crippen molar-refractivity contribution in [1.82, 2.24) is 14.6 Å². The highest BCUT2D eigenvalue weighted by Gasteiger charge is 2.28. The maximum Gasteiger partial charge on any atom is 0.270 e. The van der Waals surface area contributed by atoms with Crippen LogP contribution in [0.1, 0.15) is 53.3 Å². The fourth-order valence-corrected chi connectivity index (χ4v) is 5.20. The second kappa shape index (κ2) is 7.01. The zero-order valence-corrected chi connectivity index (χ0v) is 15.9. The summed E-state index contributed by atoms with van der Waals surface area (Å²) in [7, 11) is -3.73. The number of nitrogens with two attached hydrogens (primary N) is 1. The summed E-state index contributed by atoms with van der Waals surface area (Å²) in [4.78, 5) is 17.1. The zero-order valence-electron chi connectivity index (χ0n) is 15.1. The summed E-state index contributed by atoms with van der Waals surface area (Å²) in [6, 6.07) is 6.76. The molecule has 2 heterocycles. The number of fused-ring (bicyclic) bond motifs is 1. The fourth-order valence-electron chi connectivity index (χ4n) is 3.96. The molecule has 0 bridgehead atoms. The molecule has 0 spiro atoms. The van der Waals surface area contributed by atoms with Gasteiger partial charge in [-0.05, 0) is 61.4 Å². The van der Waals surface area contributed by atoms with Gasteiger partial charge >= 0.3 is 0 Å². The van der Waals surface area contributed by atoms with E-state index in [-0.39, 0.29) is 16.8 Å². The third-order valence-electron chi connectivity index (χ3n) is 5.37. The van der Waals surface area contributed by atoms with Gasteiger partial charge < -0.3 is 15.6 Å². The molecule has 1 saturated heterocycles. The van der Waals surface area contributed by atoms with Gasteiger partial charge in [-0.15, -0.1) is 0 Å². The molecule has 144 valence electrons. The van der Waals surface area contributed by atoms with Gasteiger partial charge in [-0.25, -0.2) is 13.1 Å². The third-order valence-corrected chi connectivity index (χ3v) is 6.82. The number of aromatic nitrogens is 1. The van der Waals surface area contributed by atoms with Gasteiger partial charge in [-0.3, -0.25) is 4.79 Å². The van der Waals surface area contributed by atoms with Crippen LogP contribution in [0.3, 0.4) is 0 Å². The molecular weight excluding hydrogens is 364 g/mol. The van der Waals surface area contributed by atoms with Gasteiger partial charge in [0.15, 0.2) is 0 Å². The number of benzene rings is 1. The number of sulfonamides is 1. The minimum Gasteiger partial charge on any atom is -0.399 e. The van der Waals surface area contributed by atoms with Crippen LogP contribution >= 0.6 is 0 Å². The van der Waals surface area contributed by atoms with Crippen LogP contribution < -0.4 is 10.5 Å². The van der Waals surface area contributed by atoms with Crippen LogP contribution in [0, 0.1) is 0 Å². The molecule has 4 rings (SSSR count). The Morgan fingerprint density at radius 3 is 2.74 bits per heavy atom. The summed E-state index contributed by atoms with van der Waals surface area (Å²) in [6.07, 6.45) is 5.90. The van der Waals surface area contributed by atoms with Gasteiger partial charge in [0.05, 0.1) is 0 Å². The Kier molecular flexibility index (Phi) is 4.69. The van der Waals surface area contributed by atoms with Gasteiger partial charge in [-0.2, -0.15) is 0 Å². The van der Waals surface area contributed by atoms with Crippen LogP contribution in [0.2, 0.25) is 0 Å². The molecule has 7 nitrogen and oxygen atoms in total. The number of nitrogens with zero attached hydrogens (tertiary/aromatic N) is 1. The van der Waals surface area contributed by atoms with E-state index in [0.717, 1.165) is 56.3 Å². The van der Waals surface area contributed by atoms with Crippen molar-refractivity contribution in [2.75, 3.05) is 18.8 Å². The van der Waals surface area contributed by atoms with Crippen molar-refractivity contribution in [2.45, 2.75) is 43.0 Å². The number of H-pyrrole nitrogens is 1. The number of nitrogens with one attached hydrogen (secondary N) is 2. The third kappa shape index (κ3) is 3.59. The van der Waals surface area contributed by atoms with E-state index in [1.807, 2.05) is 12.1 Å². The van der Waals surface area contributed by atoms with Gasteiger partial charge in [0.2, 0.25) is 10.0 Å². The monoisotopic (exact) mass is 388 g/mol. The van der Waals surface area contributed by atoms with Crippen molar-refractivity contribution in [1.29, 1.82) is 0 Å². The highest BCUT2D eigenvalue weighted by Crippen LogP contribution is 2.32. The van der Waals surface area contributed by atoms with Crippen molar-refractivity contribution in [3.05, 3.63) is 47.3 Å². The van der Waals surface area contributed by atoms with Crippen LogP contribution in [0.5, 0.6) is 0 Å². The molecule has 8 heteroatoms. The van der Waals surface area contributed by atoms with E-state index >= 15 is 0 Å². The van der Waals surface area contributed by atoms with Crippen molar-refractivity contribution in [3.63, 3.8) is 0 Å². The molecule has 4 N–H and O–H groups in total. The lowest BCUT2D eigenvalue weighted by Gasteiger charge is -2.26. The molecule has 1 unspecified atom stereocenters. The first-order valence-electron chi connectivity index (χ1n) is 9.32. The van der Waals surface area contributed by atoms with Crippen LogP contribution in [-0.4, -0.2) is 37.3 Å². The Hall–Kier alpha value is -2.32. The summed E-state index contributed by atoms with van der Waals surface area (Å²) < 4.78 is 28.5. The van der Waals surface area contributed by atoms with E-state index in [4.69, 9.17) is 5.73 Å². The molecule has 0 saturated carbocycles. The molecule has 1 amide bonds. The smallest absolute Gasteiger partial charge is 0.270 e. The number of hydrogen-bond acceptors (Lipinski definition) is 4. The molecule has 2 aliphatic rings. The number of carbonyl (C=O) groups excluding carboxylic acids is 1. The average Bonchev–Trinajstić information content (AvgIpc) is 3.33. The lowest BCUT2D eigenvalue weighted by atomic mass is 9.88. The summed E-state index contributed by atoms with van der Waals surface area (Å²) in [5.41, 5.74) is 8.92. The van der Waals surface area contributed by atoms with E-state index in [2.05, 4.69) is 9.71 Å². The molecule has 1 atom stereocenters. The van der Waals surface area contributed by atoms with E-state index in [1.165, 1.54) is 12.3 Å². The Labute approximate surface area is 159 Å². The minimum atomic E-state index is -3.73. The summed E-state index contributed by atoms with van der Waals surface area (Å²) in [5.74, 6) is -0.146. The number of aryl methyl sites for hydroxylation is 1. The highest BCUT2D eigenvalue weighted by molar-refractivity contribution is 7.89. The second-order valence-corrected chi connectivity index (χ2v) is 8.99. The minimum absolute atomic E-state index is 0.0904. The van der Waals surface area contributed by atoms with Crippen LogP contribution in [0.4, 0.5) is 5.69 Å². The lowest BCUT2D eigenvalue weighted by Crippen LogP contribution is -2.31. The van der Waals surface area contributed by atoms with Crippen molar-refractivity contribution in [3.8, 4) is 0 Å². The average molecular weight is 388 g/mol. The molecule has 1 aliphatic heterocycles. The van der Waals surface area contributed by atoms with Crippen molar-refractivity contribution in [2.24, 2.45) is 0 Å². The number of likely N-dealkylation sites (tertiary alicyclic amines) is 1. The molecule has 0 radical (unpaired) electrons. The second-order valence-electron chi connectivity index (χ2n) is 7.27. The van der Waals surface area contributed by atoms with Gasteiger partial charge in [0.1, 0.15) is 10.6 Å². The number of carbonyl (C=O) groups is 1. The standard InChI is InChI=1S/C19H24N4O3S/c20-14-6-7-16-13(10-14)4-3-5-17(16)22-27(25,26)15-11-18(21-12-15)19(24)23-8-1-2-9-23/h6-7,10-12,17,21-22H,1-5,8-9,20H2. The Morgan fingerprint density at radius 1 is 1.19 bits per heavy atom. The van der Waals surface area contributed by atoms with Crippen LogP contribution in [-0.2, 0) is 16.4 Å². The number of rotatable bonds is 4. The SMILES string of the molecule is Nc1ccc2c(c1)CCCC2NS(=O)(=O)c1c[nH]c(C(=O)N2CCCC2)c1. The fraction of sp³-hybridized carbons (Fsp3) is 0.421. The number of aromatic amines is 1. The number of hydrogen-bond donors (Lipinski definition) is 3. The molecule has 27 heavy (non-hydrogen) atoms. The zero-order chi connectivity index (χ0) is 19.0. The molecule has 1 fully saturated rings. The highest BCUT2D eigenvalue weighted by atomic mass is 32.2. The van der Waals surface area contributed by atoms with Crippen molar-refractivity contribution < 1.29 is 13.2 Å². The van der Waals surface area contributed by atoms with E-state index in [1.54, 1.807) is 11.0 Å². The summed E-state index contributed by atoms with van der Waals surface area (Å²) in [6.45, 7) is 1.44. The van der Waals surface area contributed by atoms with Crippen LogP contribution in [0.25, 0.3) is 0 Å². The summed E-state index contributed by atoms with van der Waals surface area (Å²) >= 11 is 0. The van der Waals surface area contributed by atoms with Gasteiger partial charge in [-0.1, -0.05) is 6.07 Å². The maximum absolute atomic E-state index is 12.9. The molecule has 1 aliphatic carbocycles. The lowest BCUT2D eigenvalue weighted by molar-refractivity contribution is 0.0787. The van der Waals surface area contributed by atoms with Crippen LogP contribution in [0.15, 0.2) is 35.4 Å². The van der Waals surface area contributed by atoms with Gasteiger partial charge in [0.25, 0.3) is 5.91 Å². The Bertz CT molecular complexity index is 961. The van der Waals surface area contributed by atoms with Gasteiger partial charge in [0, 0.05) is 31.0 Å². The van der Waals surface area contributed by atoms with Crippen molar-refractivity contribution >= 4 is 21.6 Å². The number of amides is 1. The first kappa shape index (κ1) is 18.1. The van der Waals surface area contributed by atoms with E-state index in [0.29, 0.717) is 11.4 Å². The Morgan fingerprint density at radius 2 is 1.96 bits per heavy atom. The molecule has 2 aromatic rings. The normalized spacial score (nSPS) is 19.9. The maximum atomic E-state index is 12.9. The Balaban J connectivity index is 1.54. The number of anilines is 1. The molecular formula is C19H24N4O3S. The summed E-state index contributed by atoms with van der Waals surface area (Å²) in [5, 5.41) is 0. The first-order chi connectivity index (χ1) is 12.9. The van der Waals surface area contributed by atoms with E-state index < -0.39 is 10.0 Å². The topological polar surface area (TPSA) is 108 Å². The largest absolute Gasteiger partial charge is 0.399 e. The predicted molar refractivity (Wildman–Crippen MR) is 103 cm³/mol. The molecule has 1 aromatic heterocycles. The first-order valence-corrected chi connectivity index (χ1v) is 10.8. The quantitative estimate of drug-likeness (QED) is 0.698. The number of nitrogen functional groups attached to an aromatic ring is 1.